The fourth-order valence-corrected chi connectivity index (χ4v) is 2.09. The fraction of sp³-hybridized carbons (Fsp3) is 0.500. The fourth-order valence-electron chi connectivity index (χ4n) is 2.09. The summed E-state index contributed by atoms with van der Waals surface area (Å²) < 4.78 is 0. The zero-order valence-electron chi connectivity index (χ0n) is 12.9. The lowest BCUT2D eigenvalue weighted by Gasteiger charge is -2.23. The minimum atomic E-state index is -0.841. The maximum Gasteiger partial charge on any atom is 0.307 e. The summed E-state index contributed by atoms with van der Waals surface area (Å²) in [6, 6.07) is 9.68. The quantitative estimate of drug-likeness (QED) is 0.768. The molecule has 5 nitrogen and oxygen atoms in total. The number of amides is 1. The summed E-state index contributed by atoms with van der Waals surface area (Å²) in [6.45, 7) is 6.73. The summed E-state index contributed by atoms with van der Waals surface area (Å²) in [6.07, 6.45) is 0. The van der Waals surface area contributed by atoms with Crippen LogP contribution in [0, 0.1) is 5.92 Å². The average Bonchev–Trinajstić information content (AvgIpc) is 2.47. The average molecular weight is 292 g/mol. The van der Waals surface area contributed by atoms with Crippen molar-refractivity contribution < 1.29 is 14.7 Å². The van der Waals surface area contributed by atoms with E-state index in [2.05, 4.69) is 5.32 Å². The highest BCUT2D eigenvalue weighted by Crippen LogP contribution is 2.11. The molecule has 1 aromatic carbocycles. The van der Waals surface area contributed by atoms with Crippen molar-refractivity contribution in [3.63, 3.8) is 0 Å². The van der Waals surface area contributed by atoms with Gasteiger partial charge in [0, 0.05) is 6.54 Å². The molecule has 0 aliphatic carbocycles. The Morgan fingerprint density at radius 3 is 2.38 bits per heavy atom. The van der Waals surface area contributed by atoms with Crippen molar-refractivity contribution in [2.75, 3.05) is 19.6 Å². The van der Waals surface area contributed by atoms with Crippen molar-refractivity contribution in [3.05, 3.63) is 35.9 Å². The maximum absolute atomic E-state index is 12.0. The molecule has 0 fully saturated rings. The number of hydrogen-bond donors (Lipinski definition) is 2. The van der Waals surface area contributed by atoms with Crippen molar-refractivity contribution in [2.45, 2.75) is 26.8 Å². The van der Waals surface area contributed by atoms with E-state index in [-0.39, 0.29) is 18.5 Å². The van der Waals surface area contributed by atoms with Gasteiger partial charge in [0.15, 0.2) is 0 Å². The van der Waals surface area contributed by atoms with Crippen LogP contribution < -0.4 is 5.32 Å². The van der Waals surface area contributed by atoms with Crippen LogP contribution in [0.3, 0.4) is 0 Å². The summed E-state index contributed by atoms with van der Waals surface area (Å²) in [4.78, 5) is 24.8. The van der Waals surface area contributed by atoms with Crippen molar-refractivity contribution >= 4 is 11.9 Å². The van der Waals surface area contributed by atoms with Gasteiger partial charge in [-0.15, -0.1) is 0 Å². The van der Waals surface area contributed by atoms with Gasteiger partial charge < -0.3 is 10.4 Å². The van der Waals surface area contributed by atoms with Gasteiger partial charge in [-0.1, -0.05) is 44.2 Å². The SMILES string of the molecule is CCN(CC(=O)NC(C)c1ccccc1)CC(C)C(=O)O. The zero-order chi connectivity index (χ0) is 15.8. The van der Waals surface area contributed by atoms with E-state index in [1.807, 2.05) is 49.1 Å². The highest BCUT2D eigenvalue weighted by atomic mass is 16.4. The predicted molar refractivity (Wildman–Crippen MR) is 81.9 cm³/mol. The van der Waals surface area contributed by atoms with E-state index in [0.29, 0.717) is 13.1 Å². The monoisotopic (exact) mass is 292 g/mol. The number of likely N-dealkylation sites (N-methyl/N-ethyl adjacent to an activating group) is 1. The molecule has 0 saturated carbocycles. The van der Waals surface area contributed by atoms with E-state index in [9.17, 15) is 9.59 Å². The van der Waals surface area contributed by atoms with Crippen LogP contribution in [0.5, 0.6) is 0 Å². The summed E-state index contributed by atoms with van der Waals surface area (Å²) in [5.41, 5.74) is 1.05. The first-order valence-corrected chi connectivity index (χ1v) is 7.23. The standard InChI is InChI=1S/C16H24N2O3/c1-4-18(10-12(2)16(20)21)11-15(19)17-13(3)14-8-6-5-7-9-14/h5-9,12-13H,4,10-11H2,1-3H3,(H,17,19)(H,20,21). The van der Waals surface area contributed by atoms with Gasteiger partial charge in [0.2, 0.25) is 5.91 Å². The van der Waals surface area contributed by atoms with Crippen LogP contribution in [0.1, 0.15) is 32.4 Å². The van der Waals surface area contributed by atoms with E-state index >= 15 is 0 Å². The Bertz CT molecular complexity index is 462. The number of carboxylic acid groups (broad SMARTS) is 1. The largest absolute Gasteiger partial charge is 0.481 e. The van der Waals surface area contributed by atoms with Crippen LogP contribution in [0.2, 0.25) is 0 Å². The minimum Gasteiger partial charge on any atom is -0.481 e. The Kier molecular flexibility index (Phi) is 6.88. The summed E-state index contributed by atoms with van der Waals surface area (Å²) in [5, 5.41) is 11.9. The second kappa shape index (κ2) is 8.42. The number of benzene rings is 1. The Morgan fingerprint density at radius 1 is 1.24 bits per heavy atom. The molecule has 5 heteroatoms. The molecular formula is C16H24N2O3. The van der Waals surface area contributed by atoms with Crippen LogP contribution in [0.4, 0.5) is 0 Å². The number of hydrogen-bond acceptors (Lipinski definition) is 3. The second-order valence-electron chi connectivity index (χ2n) is 5.27. The number of carbonyl (C=O) groups is 2. The lowest BCUT2D eigenvalue weighted by atomic mass is 10.1. The molecule has 1 aromatic rings. The topological polar surface area (TPSA) is 69.6 Å². The van der Waals surface area contributed by atoms with Gasteiger partial charge in [0.1, 0.15) is 0 Å². The molecule has 2 unspecified atom stereocenters. The Morgan fingerprint density at radius 2 is 1.86 bits per heavy atom. The van der Waals surface area contributed by atoms with Crippen LogP contribution in [0.15, 0.2) is 30.3 Å². The molecule has 0 spiro atoms. The lowest BCUT2D eigenvalue weighted by molar-refractivity contribution is -0.142. The minimum absolute atomic E-state index is 0.0608. The van der Waals surface area contributed by atoms with Gasteiger partial charge in [0.25, 0.3) is 0 Å². The molecule has 2 atom stereocenters. The summed E-state index contributed by atoms with van der Waals surface area (Å²) >= 11 is 0. The van der Waals surface area contributed by atoms with Gasteiger partial charge in [-0.2, -0.15) is 0 Å². The molecule has 1 amide bonds. The molecule has 0 bridgehead atoms. The lowest BCUT2D eigenvalue weighted by Crippen LogP contribution is -2.41. The zero-order valence-corrected chi connectivity index (χ0v) is 12.9. The molecule has 0 aromatic heterocycles. The third-order valence-electron chi connectivity index (χ3n) is 3.45. The highest BCUT2D eigenvalue weighted by Gasteiger charge is 2.18. The smallest absolute Gasteiger partial charge is 0.307 e. The first kappa shape index (κ1) is 17.2. The van der Waals surface area contributed by atoms with E-state index in [0.717, 1.165) is 5.56 Å². The molecular weight excluding hydrogens is 268 g/mol. The molecule has 0 saturated heterocycles. The van der Waals surface area contributed by atoms with Gasteiger partial charge in [-0.3, -0.25) is 14.5 Å². The molecule has 2 N–H and O–H groups in total. The van der Waals surface area contributed by atoms with E-state index < -0.39 is 11.9 Å². The molecule has 0 radical (unpaired) electrons. The summed E-state index contributed by atoms with van der Waals surface area (Å²) in [7, 11) is 0. The van der Waals surface area contributed by atoms with E-state index in [1.54, 1.807) is 6.92 Å². The molecule has 0 heterocycles. The Labute approximate surface area is 126 Å². The van der Waals surface area contributed by atoms with Gasteiger partial charge in [-0.25, -0.2) is 0 Å². The first-order valence-electron chi connectivity index (χ1n) is 7.23. The second-order valence-corrected chi connectivity index (χ2v) is 5.27. The Hall–Kier alpha value is -1.88. The molecule has 0 aliphatic heterocycles. The normalized spacial score (nSPS) is 13.7. The highest BCUT2D eigenvalue weighted by molar-refractivity contribution is 5.78. The van der Waals surface area contributed by atoms with Crippen molar-refractivity contribution in [2.24, 2.45) is 5.92 Å². The first-order chi connectivity index (χ1) is 9.93. The van der Waals surface area contributed by atoms with Crippen LogP contribution >= 0.6 is 0 Å². The molecule has 1 rings (SSSR count). The van der Waals surface area contributed by atoms with E-state index in [1.165, 1.54) is 0 Å². The van der Waals surface area contributed by atoms with Crippen LogP contribution in [-0.2, 0) is 9.59 Å². The number of nitrogens with zero attached hydrogens (tertiary/aromatic N) is 1. The summed E-state index contributed by atoms with van der Waals surface area (Å²) in [5.74, 6) is -1.42. The number of rotatable bonds is 8. The molecule has 116 valence electrons. The van der Waals surface area contributed by atoms with Gasteiger partial charge >= 0.3 is 5.97 Å². The van der Waals surface area contributed by atoms with Crippen molar-refractivity contribution in [1.29, 1.82) is 0 Å². The number of nitrogens with one attached hydrogen (secondary N) is 1. The van der Waals surface area contributed by atoms with Gasteiger partial charge in [-0.05, 0) is 19.0 Å². The molecule has 21 heavy (non-hydrogen) atoms. The molecule has 0 aliphatic rings. The third kappa shape index (κ3) is 5.95. The number of carbonyl (C=O) groups excluding carboxylic acids is 1. The van der Waals surface area contributed by atoms with Crippen molar-refractivity contribution in [3.8, 4) is 0 Å². The predicted octanol–water partition coefficient (Wildman–Crippen LogP) is 1.91. The van der Waals surface area contributed by atoms with Crippen molar-refractivity contribution in [1.82, 2.24) is 10.2 Å². The van der Waals surface area contributed by atoms with Crippen LogP contribution in [0.25, 0.3) is 0 Å². The third-order valence-corrected chi connectivity index (χ3v) is 3.45. The maximum atomic E-state index is 12.0. The Balaban J connectivity index is 2.49. The van der Waals surface area contributed by atoms with Crippen LogP contribution in [-0.4, -0.2) is 41.5 Å². The van der Waals surface area contributed by atoms with Gasteiger partial charge in [0.05, 0.1) is 18.5 Å². The number of aliphatic carboxylic acids is 1. The number of carboxylic acids is 1. The van der Waals surface area contributed by atoms with E-state index in [4.69, 9.17) is 5.11 Å².